The van der Waals surface area contributed by atoms with Gasteiger partial charge in [-0.05, 0) is 57.6 Å². The predicted octanol–water partition coefficient (Wildman–Crippen LogP) is 6.69. The van der Waals surface area contributed by atoms with Gasteiger partial charge in [-0.2, -0.15) is 0 Å². The summed E-state index contributed by atoms with van der Waals surface area (Å²) in [4.78, 5) is 42.5. The van der Waals surface area contributed by atoms with Gasteiger partial charge < -0.3 is 20.3 Å². The second-order valence-corrected chi connectivity index (χ2v) is 11.4. The number of alkyl carbamates (subject to hydrolysis) is 1. The van der Waals surface area contributed by atoms with Crippen molar-refractivity contribution in [3.05, 3.63) is 35.4 Å². The lowest BCUT2D eigenvalue weighted by atomic mass is 9.94. The fourth-order valence-corrected chi connectivity index (χ4v) is 4.38. The molecule has 0 saturated carbocycles. The highest BCUT2D eigenvalue weighted by Crippen LogP contribution is 2.27. The van der Waals surface area contributed by atoms with Crippen molar-refractivity contribution in [2.24, 2.45) is 5.92 Å². The van der Waals surface area contributed by atoms with Crippen LogP contribution in [0.15, 0.2) is 24.3 Å². The molecule has 0 saturated heterocycles. The molecule has 216 valence electrons. The van der Waals surface area contributed by atoms with Crippen molar-refractivity contribution in [3.63, 3.8) is 0 Å². The zero-order valence-electron chi connectivity index (χ0n) is 25.2. The summed E-state index contributed by atoms with van der Waals surface area (Å²) in [6, 6.07) is 6.16. The summed E-state index contributed by atoms with van der Waals surface area (Å²) in [5.74, 6) is -0.576. The van der Waals surface area contributed by atoms with E-state index in [1.165, 1.54) is 0 Å². The Hall–Kier alpha value is -2.57. The van der Waals surface area contributed by atoms with E-state index in [0.29, 0.717) is 19.5 Å². The van der Waals surface area contributed by atoms with Crippen LogP contribution < -0.4 is 10.6 Å². The van der Waals surface area contributed by atoms with Crippen LogP contribution in [0.2, 0.25) is 0 Å². The molecule has 0 aliphatic heterocycles. The summed E-state index contributed by atoms with van der Waals surface area (Å²) in [7, 11) is 0. The minimum Gasteiger partial charge on any atom is -0.444 e. The maximum Gasteiger partial charge on any atom is 0.408 e. The van der Waals surface area contributed by atoms with Crippen molar-refractivity contribution in [2.75, 3.05) is 13.1 Å². The summed E-state index contributed by atoms with van der Waals surface area (Å²) in [6.07, 6.45) is 7.01. The lowest BCUT2D eigenvalue weighted by molar-refractivity contribution is -0.143. The van der Waals surface area contributed by atoms with E-state index in [1.807, 2.05) is 45.0 Å². The number of carbonyl (C=O) groups is 3. The fraction of sp³-hybridized carbons (Fsp3) is 0.710. The highest BCUT2D eigenvalue weighted by molar-refractivity contribution is 5.92. The highest BCUT2D eigenvalue weighted by Gasteiger charge is 2.38. The Morgan fingerprint density at radius 2 is 1.58 bits per heavy atom. The van der Waals surface area contributed by atoms with Crippen LogP contribution in [-0.2, 0) is 14.3 Å². The van der Waals surface area contributed by atoms with E-state index >= 15 is 0 Å². The van der Waals surface area contributed by atoms with Gasteiger partial charge in [0.1, 0.15) is 17.7 Å². The number of hydrogen-bond donors (Lipinski definition) is 2. The normalized spacial score (nSPS) is 13.8. The number of unbranched alkanes of at least 4 members (excludes halogenated alkanes) is 5. The lowest BCUT2D eigenvalue weighted by Gasteiger charge is -2.36. The van der Waals surface area contributed by atoms with Crippen LogP contribution in [0, 0.1) is 12.8 Å². The lowest BCUT2D eigenvalue weighted by Crippen LogP contribution is -2.55. The zero-order valence-corrected chi connectivity index (χ0v) is 25.2. The van der Waals surface area contributed by atoms with E-state index in [9.17, 15) is 14.4 Å². The Morgan fingerprint density at radius 1 is 0.947 bits per heavy atom. The molecular weight excluding hydrogens is 478 g/mol. The van der Waals surface area contributed by atoms with Gasteiger partial charge >= 0.3 is 6.09 Å². The first-order valence-corrected chi connectivity index (χ1v) is 14.6. The van der Waals surface area contributed by atoms with Crippen molar-refractivity contribution < 1.29 is 19.1 Å². The second-order valence-electron chi connectivity index (χ2n) is 11.4. The summed E-state index contributed by atoms with van der Waals surface area (Å²) in [6.45, 7) is 16.5. The number of nitrogens with zero attached hydrogens (tertiary/aromatic N) is 1. The molecule has 7 nitrogen and oxygen atoms in total. The number of ether oxygens (including phenoxy) is 1. The summed E-state index contributed by atoms with van der Waals surface area (Å²) in [5, 5.41) is 5.91. The van der Waals surface area contributed by atoms with E-state index in [4.69, 9.17) is 4.74 Å². The van der Waals surface area contributed by atoms with Gasteiger partial charge in [-0.25, -0.2) is 4.79 Å². The molecule has 0 radical (unpaired) electrons. The number of nitrogens with one attached hydrogen (secondary N) is 2. The van der Waals surface area contributed by atoms with Crippen molar-refractivity contribution in [2.45, 2.75) is 124 Å². The minimum absolute atomic E-state index is 0.140. The van der Waals surface area contributed by atoms with Gasteiger partial charge in [-0.15, -0.1) is 0 Å². The molecule has 0 heterocycles. The first-order valence-electron chi connectivity index (χ1n) is 14.6. The molecule has 0 aliphatic rings. The molecular formula is C31H53N3O4. The predicted molar refractivity (Wildman–Crippen MR) is 155 cm³/mol. The molecule has 7 heteroatoms. The van der Waals surface area contributed by atoms with E-state index in [2.05, 4.69) is 24.5 Å². The molecule has 1 rings (SSSR count). The van der Waals surface area contributed by atoms with Crippen LogP contribution in [0.4, 0.5) is 4.79 Å². The molecule has 3 unspecified atom stereocenters. The van der Waals surface area contributed by atoms with Gasteiger partial charge in [0.15, 0.2) is 0 Å². The summed E-state index contributed by atoms with van der Waals surface area (Å²) < 4.78 is 5.50. The molecule has 3 amide bonds. The third kappa shape index (κ3) is 11.4. The third-order valence-corrected chi connectivity index (χ3v) is 6.81. The molecule has 1 aromatic carbocycles. The monoisotopic (exact) mass is 531 g/mol. The highest BCUT2D eigenvalue weighted by atomic mass is 16.6. The standard InChI is InChI=1S/C31H53N3O4/c1-9-12-14-15-18-22-34(29(36)26(23(4)11-3)33-30(37)38-31(6,7)8)27(28(35)32-21-13-10-2)25-20-17-16-19-24(25)5/h16-17,19-20,23,26-27H,9-15,18,21-22H2,1-8H3,(H,32,35)(H,33,37). The third-order valence-electron chi connectivity index (χ3n) is 6.81. The molecule has 0 spiro atoms. The van der Waals surface area contributed by atoms with Crippen LogP contribution in [0.1, 0.15) is 117 Å². The van der Waals surface area contributed by atoms with Crippen LogP contribution in [0.25, 0.3) is 0 Å². The van der Waals surface area contributed by atoms with E-state index in [-0.39, 0.29) is 17.7 Å². The van der Waals surface area contributed by atoms with E-state index in [1.54, 1.807) is 25.7 Å². The Balaban J connectivity index is 3.47. The Kier molecular flexibility index (Phi) is 15.1. The van der Waals surface area contributed by atoms with E-state index < -0.39 is 23.8 Å². The number of hydrogen-bond acceptors (Lipinski definition) is 4. The quantitative estimate of drug-likeness (QED) is 0.233. The number of rotatable bonds is 16. The number of amides is 3. The van der Waals surface area contributed by atoms with Gasteiger partial charge in [-0.3, -0.25) is 9.59 Å². The smallest absolute Gasteiger partial charge is 0.408 e. The molecule has 38 heavy (non-hydrogen) atoms. The average Bonchev–Trinajstić information content (AvgIpc) is 2.85. The Morgan fingerprint density at radius 3 is 2.16 bits per heavy atom. The number of benzene rings is 1. The molecule has 3 atom stereocenters. The van der Waals surface area contributed by atoms with Crippen molar-refractivity contribution in [3.8, 4) is 0 Å². The van der Waals surface area contributed by atoms with Crippen molar-refractivity contribution in [1.82, 2.24) is 15.5 Å². The number of aryl methyl sites for hydroxylation is 1. The van der Waals surface area contributed by atoms with E-state index in [0.717, 1.165) is 56.1 Å². The van der Waals surface area contributed by atoms with Crippen molar-refractivity contribution in [1.29, 1.82) is 0 Å². The van der Waals surface area contributed by atoms with Crippen LogP contribution in [0.3, 0.4) is 0 Å². The zero-order chi connectivity index (χ0) is 28.7. The van der Waals surface area contributed by atoms with Crippen LogP contribution in [0.5, 0.6) is 0 Å². The van der Waals surface area contributed by atoms with Crippen molar-refractivity contribution >= 4 is 17.9 Å². The second kappa shape index (κ2) is 17.1. The van der Waals surface area contributed by atoms with Gasteiger partial charge in [-0.1, -0.05) is 90.5 Å². The molecule has 0 aromatic heterocycles. The topological polar surface area (TPSA) is 87.7 Å². The number of carbonyl (C=O) groups excluding carboxylic acids is 3. The van der Waals surface area contributed by atoms with Crippen LogP contribution in [-0.4, -0.2) is 47.5 Å². The maximum absolute atomic E-state index is 14.3. The summed E-state index contributed by atoms with van der Waals surface area (Å²) >= 11 is 0. The molecule has 2 N–H and O–H groups in total. The molecule has 0 fully saturated rings. The maximum atomic E-state index is 14.3. The van der Waals surface area contributed by atoms with Gasteiger partial charge in [0, 0.05) is 13.1 Å². The first kappa shape index (κ1) is 33.5. The fourth-order valence-electron chi connectivity index (χ4n) is 4.38. The molecule has 0 bridgehead atoms. The first-order chi connectivity index (χ1) is 18.0. The van der Waals surface area contributed by atoms with Gasteiger partial charge in [0.05, 0.1) is 0 Å². The average molecular weight is 532 g/mol. The van der Waals surface area contributed by atoms with Gasteiger partial charge in [0.25, 0.3) is 0 Å². The molecule has 1 aromatic rings. The Bertz CT molecular complexity index is 865. The minimum atomic E-state index is -0.805. The largest absolute Gasteiger partial charge is 0.444 e. The molecule has 0 aliphatic carbocycles. The van der Waals surface area contributed by atoms with Crippen LogP contribution >= 0.6 is 0 Å². The summed E-state index contributed by atoms with van der Waals surface area (Å²) in [5.41, 5.74) is 1.07. The SMILES string of the molecule is CCCCCCCN(C(=O)C(NC(=O)OC(C)(C)C)C(C)CC)C(C(=O)NCCCC)c1ccccc1C. The Labute approximate surface area is 231 Å². The van der Waals surface area contributed by atoms with Gasteiger partial charge in [0.2, 0.25) is 11.8 Å².